The molecule has 0 N–H and O–H groups in total. The summed E-state index contributed by atoms with van der Waals surface area (Å²) in [5.41, 5.74) is 3.34. The van der Waals surface area contributed by atoms with Crippen molar-refractivity contribution in [2.75, 3.05) is 28.4 Å². The fourth-order valence-electron chi connectivity index (χ4n) is 3.28. The number of allylic oxidation sites excluding steroid dienone is 2. The van der Waals surface area contributed by atoms with Gasteiger partial charge in [-0.15, -0.1) is 0 Å². The number of Topliss-reactive ketones (excluding diaryl/α,β-unsaturated/α-hetero) is 1. The van der Waals surface area contributed by atoms with Crippen molar-refractivity contribution in [3.8, 4) is 23.0 Å². The molecule has 0 aromatic heterocycles. The lowest BCUT2D eigenvalue weighted by Crippen LogP contribution is -2.08. The Hall–Kier alpha value is -2.47. The number of rotatable bonds is 6. The zero-order valence-electron chi connectivity index (χ0n) is 15.7. The van der Waals surface area contributed by atoms with E-state index < -0.39 is 0 Å². The van der Waals surface area contributed by atoms with Crippen molar-refractivity contribution >= 4 is 32.9 Å². The van der Waals surface area contributed by atoms with E-state index in [-0.39, 0.29) is 10.6 Å². The first-order valence-corrected chi connectivity index (χ1v) is 9.31. The molecule has 3 rings (SSSR count). The number of hydrogen-bond donors (Lipinski definition) is 0. The summed E-state index contributed by atoms with van der Waals surface area (Å²) < 4.78 is 21.5. The van der Waals surface area contributed by atoms with Crippen molar-refractivity contribution in [2.45, 2.75) is 11.2 Å². The summed E-state index contributed by atoms with van der Waals surface area (Å²) >= 11 is 3.50. The molecule has 2 aromatic carbocycles. The predicted molar refractivity (Wildman–Crippen MR) is 108 cm³/mol. The number of benzene rings is 2. The minimum absolute atomic E-state index is 0.0371. The van der Waals surface area contributed by atoms with Crippen molar-refractivity contribution < 1.29 is 23.7 Å². The normalized spacial score (nSPS) is 16.5. The van der Waals surface area contributed by atoms with Gasteiger partial charge in [0.1, 0.15) is 5.75 Å². The molecule has 0 fully saturated rings. The zero-order valence-corrected chi connectivity index (χ0v) is 17.3. The van der Waals surface area contributed by atoms with Gasteiger partial charge in [-0.3, -0.25) is 4.79 Å². The van der Waals surface area contributed by atoms with Gasteiger partial charge in [0.2, 0.25) is 5.75 Å². The summed E-state index contributed by atoms with van der Waals surface area (Å²) in [6.45, 7) is 0. The maximum absolute atomic E-state index is 12.9. The van der Waals surface area contributed by atoms with E-state index in [1.165, 1.54) is 0 Å². The lowest BCUT2D eigenvalue weighted by Gasteiger charge is -2.15. The van der Waals surface area contributed by atoms with Gasteiger partial charge in [0, 0.05) is 5.57 Å². The van der Waals surface area contributed by atoms with Crippen molar-refractivity contribution in [1.82, 2.24) is 0 Å². The third kappa shape index (κ3) is 3.54. The van der Waals surface area contributed by atoms with E-state index >= 15 is 0 Å². The van der Waals surface area contributed by atoms with Crippen molar-refractivity contribution in [3.05, 3.63) is 47.5 Å². The molecule has 0 saturated heterocycles. The molecule has 2 aromatic rings. The molecule has 27 heavy (non-hydrogen) atoms. The van der Waals surface area contributed by atoms with Crippen LogP contribution in [0.2, 0.25) is 0 Å². The molecular formula is C21H21BrO5. The van der Waals surface area contributed by atoms with E-state index in [2.05, 4.69) is 15.9 Å². The van der Waals surface area contributed by atoms with E-state index in [9.17, 15) is 4.79 Å². The van der Waals surface area contributed by atoms with Crippen LogP contribution in [0.1, 0.15) is 17.5 Å². The molecule has 1 unspecified atom stereocenters. The first-order chi connectivity index (χ1) is 13.0. The molecule has 0 radical (unpaired) electrons. The smallest absolute Gasteiger partial charge is 0.203 e. The number of ketones is 1. The summed E-state index contributed by atoms with van der Waals surface area (Å²) in [6, 6.07) is 11.3. The third-order valence-electron chi connectivity index (χ3n) is 4.61. The lowest BCUT2D eigenvalue weighted by atomic mass is 9.96. The Morgan fingerprint density at radius 2 is 1.44 bits per heavy atom. The maximum Gasteiger partial charge on any atom is 0.203 e. The van der Waals surface area contributed by atoms with Crippen molar-refractivity contribution in [3.63, 3.8) is 0 Å². The van der Waals surface area contributed by atoms with Gasteiger partial charge in [-0.1, -0.05) is 28.1 Å². The number of ether oxygens (including phenoxy) is 4. The Labute approximate surface area is 167 Å². The van der Waals surface area contributed by atoms with Crippen LogP contribution in [0.3, 0.4) is 0 Å². The number of carbonyl (C=O) groups excluding carboxylic acids is 1. The highest BCUT2D eigenvalue weighted by atomic mass is 79.9. The van der Waals surface area contributed by atoms with Gasteiger partial charge in [0.25, 0.3) is 0 Å². The van der Waals surface area contributed by atoms with Crippen LogP contribution in [0.25, 0.3) is 11.1 Å². The summed E-state index contributed by atoms with van der Waals surface area (Å²) in [4.78, 5) is 12.7. The molecule has 142 valence electrons. The highest BCUT2D eigenvalue weighted by Crippen LogP contribution is 2.45. The molecule has 0 saturated carbocycles. The fraction of sp³-hybridized carbons (Fsp3) is 0.286. The molecule has 0 amide bonds. The second-order valence-electron chi connectivity index (χ2n) is 6.03. The zero-order chi connectivity index (χ0) is 19.6. The molecular weight excluding hydrogens is 412 g/mol. The topological polar surface area (TPSA) is 54.0 Å². The van der Waals surface area contributed by atoms with Crippen LogP contribution in [0.15, 0.2) is 36.4 Å². The number of methoxy groups -OCH3 is 4. The van der Waals surface area contributed by atoms with E-state index in [1.54, 1.807) is 28.4 Å². The van der Waals surface area contributed by atoms with Gasteiger partial charge < -0.3 is 18.9 Å². The van der Waals surface area contributed by atoms with Crippen LogP contribution >= 0.6 is 15.9 Å². The monoisotopic (exact) mass is 432 g/mol. The van der Waals surface area contributed by atoms with Gasteiger partial charge in [-0.2, -0.15) is 0 Å². The third-order valence-corrected chi connectivity index (χ3v) is 5.35. The average molecular weight is 433 g/mol. The fourth-order valence-corrected chi connectivity index (χ4v) is 3.83. The number of carbonyl (C=O) groups is 1. The quantitative estimate of drug-likeness (QED) is 0.634. The van der Waals surface area contributed by atoms with Gasteiger partial charge in [0.15, 0.2) is 17.3 Å². The van der Waals surface area contributed by atoms with Gasteiger partial charge in [0.05, 0.1) is 33.3 Å². The van der Waals surface area contributed by atoms with Gasteiger partial charge in [-0.25, -0.2) is 0 Å². The number of halogens is 1. The molecule has 0 bridgehead atoms. The Balaban J connectivity index is 2.19. The molecule has 1 aliphatic carbocycles. The standard InChI is InChI=1S/C21H21BrO5/c1-24-14-7-5-12(6-8-14)15-11-16(22)20(23)19(15)13-9-17(25-2)21(27-4)18(10-13)26-3/h5-10,16H,11H2,1-4H3. The van der Waals surface area contributed by atoms with Crippen LogP contribution in [0.4, 0.5) is 0 Å². The SMILES string of the molecule is COc1ccc(C2=C(c3cc(OC)c(OC)c(OC)c3)C(=O)C(Br)C2)cc1. The molecule has 1 atom stereocenters. The highest BCUT2D eigenvalue weighted by Gasteiger charge is 2.33. The summed E-state index contributed by atoms with van der Waals surface area (Å²) in [7, 11) is 6.30. The minimum Gasteiger partial charge on any atom is -0.497 e. The van der Waals surface area contributed by atoms with Crippen LogP contribution in [0.5, 0.6) is 23.0 Å². The summed E-state index contributed by atoms with van der Waals surface area (Å²) in [5, 5.41) is 0. The Bertz CT molecular complexity index is 861. The summed E-state index contributed by atoms with van der Waals surface area (Å²) in [5.74, 6) is 2.33. The van der Waals surface area contributed by atoms with Gasteiger partial charge >= 0.3 is 0 Å². The maximum atomic E-state index is 12.9. The lowest BCUT2D eigenvalue weighted by molar-refractivity contribution is -0.112. The Kier molecular flexibility index (Phi) is 5.75. The first-order valence-electron chi connectivity index (χ1n) is 8.40. The van der Waals surface area contributed by atoms with Crippen LogP contribution in [-0.2, 0) is 4.79 Å². The second-order valence-corrected chi connectivity index (χ2v) is 7.14. The van der Waals surface area contributed by atoms with Crippen LogP contribution in [0, 0.1) is 0 Å². The predicted octanol–water partition coefficient (Wildman–Crippen LogP) is 4.37. The molecule has 0 spiro atoms. The molecule has 0 heterocycles. The van der Waals surface area contributed by atoms with Crippen LogP contribution in [-0.4, -0.2) is 39.0 Å². The number of hydrogen-bond acceptors (Lipinski definition) is 5. The molecule has 1 aliphatic rings. The van der Waals surface area contributed by atoms with E-state index in [4.69, 9.17) is 18.9 Å². The highest BCUT2D eigenvalue weighted by molar-refractivity contribution is 9.10. The Morgan fingerprint density at radius 3 is 1.93 bits per heavy atom. The van der Waals surface area contributed by atoms with Crippen molar-refractivity contribution in [1.29, 1.82) is 0 Å². The average Bonchev–Trinajstić information content (AvgIpc) is 3.01. The Morgan fingerprint density at radius 1 is 0.852 bits per heavy atom. The summed E-state index contributed by atoms with van der Waals surface area (Å²) in [6.07, 6.45) is 0.608. The first kappa shape index (κ1) is 19.3. The molecule has 6 heteroatoms. The number of alkyl halides is 1. The van der Waals surface area contributed by atoms with Crippen LogP contribution < -0.4 is 18.9 Å². The second kappa shape index (κ2) is 8.05. The van der Waals surface area contributed by atoms with E-state index in [0.717, 1.165) is 22.4 Å². The van der Waals surface area contributed by atoms with Gasteiger partial charge in [-0.05, 0) is 47.4 Å². The van der Waals surface area contributed by atoms with E-state index in [0.29, 0.717) is 29.2 Å². The van der Waals surface area contributed by atoms with Crippen molar-refractivity contribution in [2.24, 2.45) is 0 Å². The van der Waals surface area contributed by atoms with E-state index in [1.807, 2.05) is 36.4 Å². The molecule has 0 aliphatic heterocycles. The largest absolute Gasteiger partial charge is 0.497 e. The minimum atomic E-state index is -0.260. The molecule has 5 nitrogen and oxygen atoms in total.